The highest BCUT2D eigenvalue weighted by Gasteiger charge is 2.04. The molecule has 0 atom stereocenters. The van der Waals surface area contributed by atoms with Crippen molar-refractivity contribution >= 4 is 17.3 Å². The van der Waals surface area contributed by atoms with Crippen LogP contribution in [-0.2, 0) is 11.3 Å². The summed E-state index contributed by atoms with van der Waals surface area (Å²) >= 11 is 0. The van der Waals surface area contributed by atoms with E-state index in [1.807, 2.05) is 12.1 Å². The maximum Gasteiger partial charge on any atom is 0.209 e. The minimum atomic E-state index is 0.739. The third-order valence-corrected chi connectivity index (χ3v) is 2.87. The second-order valence-electron chi connectivity index (χ2n) is 4.08. The number of carbonyl (C=O) groups is 1. The van der Waals surface area contributed by atoms with Gasteiger partial charge < -0.3 is 9.47 Å². The fraction of sp³-hybridized carbons (Fsp3) is 0.308. The fourth-order valence-corrected chi connectivity index (χ4v) is 1.96. The maximum absolute atomic E-state index is 10.5. The summed E-state index contributed by atoms with van der Waals surface area (Å²) in [5.41, 5.74) is 2.47. The van der Waals surface area contributed by atoms with E-state index in [4.69, 9.17) is 0 Å². The number of aromatic nitrogens is 1. The van der Waals surface area contributed by atoms with E-state index in [0.717, 1.165) is 19.5 Å². The average Bonchev–Trinajstić information content (AvgIpc) is 2.62. The Kier molecular flexibility index (Phi) is 2.95. The molecule has 1 heterocycles. The SMILES string of the molecule is Cc1cc2ccccc2n1CCN(C)C=O. The zero-order valence-corrected chi connectivity index (χ0v) is 9.68. The molecule has 2 aromatic rings. The molecule has 0 fully saturated rings. The smallest absolute Gasteiger partial charge is 0.209 e. The summed E-state index contributed by atoms with van der Waals surface area (Å²) in [4.78, 5) is 12.2. The Morgan fingerprint density at radius 3 is 2.88 bits per heavy atom. The van der Waals surface area contributed by atoms with Crippen molar-refractivity contribution in [3.05, 3.63) is 36.0 Å². The second-order valence-corrected chi connectivity index (χ2v) is 4.08. The van der Waals surface area contributed by atoms with Crippen molar-refractivity contribution in [2.45, 2.75) is 13.5 Å². The van der Waals surface area contributed by atoms with Gasteiger partial charge in [0, 0.05) is 31.3 Å². The van der Waals surface area contributed by atoms with Crippen molar-refractivity contribution in [3.8, 4) is 0 Å². The van der Waals surface area contributed by atoms with E-state index < -0.39 is 0 Å². The first kappa shape index (κ1) is 10.7. The van der Waals surface area contributed by atoms with Gasteiger partial charge in [0.05, 0.1) is 0 Å². The Balaban J connectivity index is 2.29. The summed E-state index contributed by atoms with van der Waals surface area (Å²) in [6.45, 7) is 3.68. The van der Waals surface area contributed by atoms with Crippen LogP contribution in [0.3, 0.4) is 0 Å². The predicted octanol–water partition coefficient (Wildman–Crippen LogP) is 2.04. The van der Waals surface area contributed by atoms with Crippen molar-refractivity contribution < 1.29 is 4.79 Å². The van der Waals surface area contributed by atoms with Gasteiger partial charge in [0.15, 0.2) is 0 Å². The molecule has 0 saturated heterocycles. The molecule has 0 N–H and O–H groups in total. The highest BCUT2D eigenvalue weighted by atomic mass is 16.1. The Bertz CT molecular complexity index is 502. The van der Waals surface area contributed by atoms with Gasteiger partial charge >= 0.3 is 0 Å². The van der Waals surface area contributed by atoms with Gasteiger partial charge in [-0.15, -0.1) is 0 Å². The number of amides is 1. The van der Waals surface area contributed by atoms with Crippen molar-refractivity contribution in [2.24, 2.45) is 0 Å². The zero-order valence-electron chi connectivity index (χ0n) is 9.68. The molecular weight excluding hydrogens is 200 g/mol. The number of aryl methyl sites for hydroxylation is 1. The third kappa shape index (κ3) is 1.94. The van der Waals surface area contributed by atoms with Crippen LogP contribution in [0.5, 0.6) is 0 Å². The highest BCUT2D eigenvalue weighted by molar-refractivity contribution is 5.81. The van der Waals surface area contributed by atoms with E-state index in [0.29, 0.717) is 0 Å². The summed E-state index contributed by atoms with van der Waals surface area (Å²) in [6.07, 6.45) is 0.862. The maximum atomic E-state index is 10.5. The van der Waals surface area contributed by atoms with Crippen LogP contribution >= 0.6 is 0 Å². The zero-order chi connectivity index (χ0) is 11.5. The lowest BCUT2D eigenvalue weighted by molar-refractivity contribution is -0.117. The molecule has 0 aliphatic heterocycles. The Morgan fingerprint density at radius 1 is 1.38 bits per heavy atom. The van der Waals surface area contributed by atoms with Crippen LogP contribution in [0.2, 0.25) is 0 Å². The van der Waals surface area contributed by atoms with Gasteiger partial charge in [0.25, 0.3) is 0 Å². The van der Waals surface area contributed by atoms with E-state index >= 15 is 0 Å². The molecule has 16 heavy (non-hydrogen) atoms. The first-order chi connectivity index (χ1) is 7.72. The Labute approximate surface area is 95.3 Å². The first-order valence-corrected chi connectivity index (χ1v) is 5.43. The molecule has 3 nitrogen and oxygen atoms in total. The van der Waals surface area contributed by atoms with Gasteiger partial charge in [0.1, 0.15) is 0 Å². The quantitative estimate of drug-likeness (QED) is 0.718. The van der Waals surface area contributed by atoms with Gasteiger partial charge in [-0.25, -0.2) is 0 Å². The van der Waals surface area contributed by atoms with Crippen molar-refractivity contribution in [1.82, 2.24) is 9.47 Å². The summed E-state index contributed by atoms with van der Waals surface area (Å²) in [5, 5.41) is 1.26. The van der Waals surface area contributed by atoms with Gasteiger partial charge in [0.2, 0.25) is 6.41 Å². The number of likely N-dealkylation sites (N-methyl/N-ethyl adjacent to an activating group) is 1. The molecule has 0 spiro atoms. The van der Waals surface area contributed by atoms with Gasteiger partial charge in [-0.2, -0.15) is 0 Å². The molecule has 0 aliphatic rings. The summed E-state index contributed by atoms with van der Waals surface area (Å²) in [7, 11) is 1.80. The molecule has 1 amide bonds. The minimum Gasteiger partial charge on any atom is -0.347 e. The number of hydrogen-bond donors (Lipinski definition) is 0. The third-order valence-electron chi connectivity index (χ3n) is 2.87. The van der Waals surface area contributed by atoms with Crippen LogP contribution in [0.1, 0.15) is 5.69 Å². The topological polar surface area (TPSA) is 25.2 Å². The van der Waals surface area contributed by atoms with Crippen molar-refractivity contribution in [3.63, 3.8) is 0 Å². The van der Waals surface area contributed by atoms with Crippen molar-refractivity contribution in [2.75, 3.05) is 13.6 Å². The molecule has 1 aromatic heterocycles. The minimum absolute atomic E-state index is 0.739. The van der Waals surface area contributed by atoms with Crippen LogP contribution < -0.4 is 0 Å². The number of rotatable bonds is 4. The molecule has 0 aliphatic carbocycles. The van der Waals surface area contributed by atoms with Crippen LogP contribution in [0, 0.1) is 6.92 Å². The molecule has 0 saturated carbocycles. The highest BCUT2D eigenvalue weighted by Crippen LogP contribution is 2.18. The Hall–Kier alpha value is -1.77. The lowest BCUT2D eigenvalue weighted by Gasteiger charge is -2.13. The largest absolute Gasteiger partial charge is 0.347 e. The number of carbonyl (C=O) groups excluding carboxylic acids is 1. The standard InChI is InChI=1S/C13H16N2O/c1-11-9-12-5-3-4-6-13(12)15(11)8-7-14(2)10-16/h3-6,9-10H,7-8H2,1-2H3. The molecular formula is C13H16N2O. The normalized spacial score (nSPS) is 10.6. The molecule has 2 rings (SSSR count). The second kappa shape index (κ2) is 4.39. The average molecular weight is 216 g/mol. The first-order valence-electron chi connectivity index (χ1n) is 5.43. The monoisotopic (exact) mass is 216 g/mol. The summed E-state index contributed by atoms with van der Waals surface area (Å²) in [5.74, 6) is 0. The molecule has 0 radical (unpaired) electrons. The molecule has 1 aromatic carbocycles. The lowest BCUT2D eigenvalue weighted by atomic mass is 10.2. The van der Waals surface area contributed by atoms with Crippen molar-refractivity contribution in [1.29, 1.82) is 0 Å². The number of para-hydroxylation sites is 1. The fourth-order valence-electron chi connectivity index (χ4n) is 1.96. The van der Waals surface area contributed by atoms with Gasteiger partial charge in [-0.1, -0.05) is 18.2 Å². The van der Waals surface area contributed by atoms with E-state index in [1.54, 1.807) is 11.9 Å². The van der Waals surface area contributed by atoms with Gasteiger partial charge in [-0.05, 0) is 24.4 Å². The van der Waals surface area contributed by atoms with Crippen LogP contribution in [0.25, 0.3) is 10.9 Å². The number of benzene rings is 1. The van der Waals surface area contributed by atoms with Crippen LogP contribution in [0.15, 0.2) is 30.3 Å². The van der Waals surface area contributed by atoms with E-state index in [9.17, 15) is 4.79 Å². The number of hydrogen-bond acceptors (Lipinski definition) is 1. The van der Waals surface area contributed by atoms with E-state index in [2.05, 4.69) is 29.7 Å². The van der Waals surface area contributed by atoms with E-state index in [1.165, 1.54) is 16.6 Å². The number of fused-ring (bicyclic) bond motifs is 1. The lowest BCUT2D eigenvalue weighted by Crippen LogP contribution is -2.21. The predicted molar refractivity (Wildman–Crippen MR) is 65.4 cm³/mol. The molecule has 3 heteroatoms. The molecule has 84 valence electrons. The van der Waals surface area contributed by atoms with Crippen LogP contribution in [0.4, 0.5) is 0 Å². The van der Waals surface area contributed by atoms with Crippen LogP contribution in [-0.4, -0.2) is 29.5 Å². The van der Waals surface area contributed by atoms with E-state index in [-0.39, 0.29) is 0 Å². The molecule has 0 bridgehead atoms. The van der Waals surface area contributed by atoms with Gasteiger partial charge in [-0.3, -0.25) is 4.79 Å². The summed E-state index contributed by atoms with van der Waals surface area (Å²) in [6, 6.07) is 10.5. The number of nitrogens with zero attached hydrogens (tertiary/aromatic N) is 2. The summed E-state index contributed by atoms with van der Waals surface area (Å²) < 4.78 is 2.25. The molecule has 0 unspecified atom stereocenters. The Morgan fingerprint density at radius 2 is 2.12 bits per heavy atom.